The fraction of sp³-hybridized carbons (Fsp3) is 0.0909. The molecule has 20 heavy (non-hydrogen) atoms. The van der Waals surface area contributed by atoms with Crippen molar-refractivity contribution in [2.24, 2.45) is 0 Å². The van der Waals surface area contributed by atoms with Gasteiger partial charge in [-0.1, -0.05) is 23.2 Å². The fourth-order valence-electron chi connectivity index (χ4n) is 1.69. The highest BCUT2D eigenvalue weighted by Gasteiger charge is 2.25. The molecule has 0 amide bonds. The van der Waals surface area contributed by atoms with E-state index in [4.69, 9.17) is 28.3 Å². The molecule has 9 heteroatoms. The summed E-state index contributed by atoms with van der Waals surface area (Å²) in [5.74, 6) is -1.38. The molecule has 2 rings (SSSR count). The molecule has 2 aromatic rings. The zero-order valence-electron chi connectivity index (χ0n) is 10.0. The number of benzene rings is 1. The normalized spacial score (nSPS) is 11.6. The van der Waals surface area contributed by atoms with Crippen LogP contribution in [-0.2, 0) is 9.84 Å². The van der Waals surface area contributed by atoms with Crippen molar-refractivity contribution < 1.29 is 18.3 Å². The first-order valence-corrected chi connectivity index (χ1v) is 7.82. The Morgan fingerprint density at radius 3 is 2.25 bits per heavy atom. The number of hydrogen-bond acceptors (Lipinski definition) is 4. The highest BCUT2D eigenvalue weighted by molar-refractivity contribution is 7.90. The number of aromatic carboxylic acids is 1. The molecule has 0 bridgehead atoms. The van der Waals surface area contributed by atoms with Crippen LogP contribution >= 0.6 is 23.2 Å². The van der Waals surface area contributed by atoms with Gasteiger partial charge < -0.3 is 5.11 Å². The van der Waals surface area contributed by atoms with Gasteiger partial charge in [-0.15, -0.1) is 0 Å². The lowest BCUT2D eigenvalue weighted by molar-refractivity contribution is 0.0692. The molecule has 1 aromatic carbocycles. The number of carboxylic acid groups (broad SMARTS) is 1. The molecule has 0 radical (unpaired) electrons. The molecule has 0 saturated heterocycles. The molecule has 1 heterocycles. The third-order valence-electron chi connectivity index (χ3n) is 2.40. The molecular weight excluding hydrogens is 327 g/mol. The van der Waals surface area contributed by atoms with Gasteiger partial charge in [0.05, 0.1) is 11.9 Å². The summed E-state index contributed by atoms with van der Waals surface area (Å²) >= 11 is 11.7. The Balaban J connectivity index is 2.78. The second kappa shape index (κ2) is 5.08. The van der Waals surface area contributed by atoms with E-state index in [1.807, 2.05) is 0 Å². The molecule has 106 valence electrons. The van der Waals surface area contributed by atoms with Gasteiger partial charge in [0.2, 0.25) is 0 Å². The summed E-state index contributed by atoms with van der Waals surface area (Å²) in [5.41, 5.74) is -0.154. The first-order valence-electron chi connectivity index (χ1n) is 5.18. The Kier molecular flexibility index (Phi) is 3.77. The molecular formula is C11H8Cl2N2O4S. The van der Waals surface area contributed by atoms with E-state index in [2.05, 4.69) is 5.10 Å². The number of aromatic nitrogens is 2. The van der Waals surface area contributed by atoms with E-state index in [0.717, 1.165) is 17.1 Å². The van der Waals surface area contributed by atoms with Crippen molar-refractivity contribution in [3.05, 3.63) is 40.0 Å². The number of halogens is 2. The number of rotatable bonds is 3. The van der Waals surface area contributed by atoms with Gasteiger partial charge in [0.15, 0.2) is 14.9 Å². The maximum atomic E-state index is 11.8. The lowest BCUT2D eigenvalue weighted by Gasteiger charge is -2.08. The Morgan fingerprint density at radius 1 is 1.25 bits per heavy atom. The van der Waals surface area contributed by atoms with E-state index >= 15 is 0 Å². The van der Waals surface area contributed by atoms with E-state index in [-0.39, 0.29) is 15.7 Å². The second-order valence-corrected chi connectivity index (χ2v) is 6.78. The zero-order chi connectivity index (χ0) is 15.1. The summed E-state index contributed by atoms with van der Waals surface area (Å²) < 4.78 is 24.6. The van der Waals surface area contributed by atoms with Crippen LogP contribution in [0.5, 0.6) is 0 Å². The van der Waals surface area contributed by atoms with Crippen LogP contribution < -0.4 is 0 Å². The van der Waals surface area contributed by atoms with E-state index < -0.39 is 26.4 Å². The molecule has 0 aliphatic rings. The van der Waals surface area contributed by atoms with Crippen molar-refractivity contribution in [1.82, 2.24) is 9.78 Å². The maximum absolute atomic E-state index is 11.8. The minimum atomic E-state index is -3.81. The Hall–Kier alpha value is -1.57. The molecule has 0 saturated carbocycles. The summed E-state index contributed by atoms with van der Waals surface area (Å²) in [5, 5.41) is 13.0. The lowest BCUT2D eigenvalue weighted by atomic mass is 10.3. The first kappa shape index (κ1) is 14.8. The third-order valence-corrected chi connectivity index (χ3v) is 3.93. The van der Waals surface area contributed by atoms with Crippen LogP contribution in [-0.4, -0.2) is 35.5 Å². The van der Waals surface area contributed by atoms with Crippen LogP contribution in [0.3, 0.4) is 0 Å². The maximum Gasteiger partial charge on any atom is 0.340 e. The van der Waals surface area contributed by atoms with Crippen molar-refractivity contribution >= 4 is 39.0 Å². The van der Waals surface area contributed by atoms with Crippen molar-refractivity contribution in [2.45, 2.75) is 5.03 Å². The number of carbonyl (C=O) groups is 1. The molecule has 1 N–H and O–H groups in total. The molecule has 0 aliphatic carbocycles. The molecule has 0 atom stereocenters. The number of carboxylic acids is 1. The monoisotopic (exact) mass is 334 g/mol. The minimum Gasteiger partial charge on any atom is -0.478 e. The number of hydrogen-bond donors (Lipinski definition) is 1. The third kappa shape index (κ3) is 2.79. The van der Waals surface area contributed by atoms with Crippen LogP contribution in [0.1, 0.15) is 10.4 Å². The molecule has 1 aromatic heterocycles. The minimum absolute atomic E-state index is 0.260. The van der Waals surface area contributed by atoms with E-state index in [0.29, 0.717) is 0 Å². The van der Waals surface area contributed by atoms with Crippen LogP contribution in [0.2, 0.25) is 10.0 Å². The first-order chi connectivity index (χ1) is 9.20. The quantitative estimate of drug-likeness (QED) is 0.929. The number of sulfone groups is 1. The summed E-state index contributed by atoms with van der Waals surface area (Å²) in [4.78, 5) is 11.1. The smallest absolute Gasteiger partial charge is 0.340 e. The summed E-state index contributed by atoms with van der Waals surface area (Å²) in [6.07, 6.45) is 1.87. The predicted molar refractivity (Wildman–Crippen MR) is 73.7 cm³/mol. The Morgan fingerprint density at radius 2 is 1.80 bits per heavy atom. The lowest BCUT2D eigenvalue weighted by Crippen LogP contribution is -2.12. The van der Waals surface area contributed by atoms with Gasteiger partial charge >= 0.3 is 5.97 Å². The molecule has 0 aliphatic heterocycles. The van der Waals surface area contributed by atoms with Crippen molar-refractivity contribution in [1.29, 1.82) is 0 Å². The standard InChI is InChI=1S/C11H8Cl2N2O4S/c1-20(18,19)10-9(11(16)17)5-14-15(10)8-3-6(12)2-7(13)4-8/h2-5H,1H3,(H,16,17). The summed E-state index contributed by atoms with van der Waals surface area (Å²) in [6.45, 7) is 0. The topological polar surface area (TPSA) is 89.3 Å². The van der Waals surface area contributed by atoms with Gasteiger partial charge in [-0.3, -0.25) is 0 Å². The molecule has 0 spiro atoms. The largest absolute Gasteiger partial charge is 0.478 e. The van der Waals surface area contributed by atoms with Crippen LogP contribution in [0.4, 0.5) is 0 Å². The van der Waals surface area contributed by atoms with Crippen LogP contribution in [0.25, 0.3) is 5.69 Å². The van der Waals surface area contributed by atoms with Crippen LogP contribution in [0, 0.1) is 0 Å². The highest BCUT2D eigenvalue weighted by Crippen LogP contribution is 2.25. The van der Waals surface area contributed by atoms with Gasteiger partial charge in [0.25, 0.3) is 0 Å². The van der Waals surface area contributed by atoms with Crippen molar-refractivity contribution in [2.75, 3.05) is 6.26 Å². The van der Waals surface area contributed by atoms with Gasteiger partial charge in [-0.2, -0.15) is 5.10 Å². The Bertz CT molecular complexity index is 778. The summed E-state index contributed by atoms with van der Waals surface area (Å²) in [6, 6.07) is 4.33. The number of nitrogens with zero attached hydrogens (tertiary/aromatic N) is 2. The van der Waals surface area contributed by atoms with Crippen molar-refractivity contribution in [3.63, 3.8) is 0 Å². The average molecular weight is 335 g/mol. The predicted octanol–water partition coefficient (Wildman–Crippen LogP) is 2.28. The fourth-order valence-corrected chi connectivity index (χ4v) is 3.21. The van der Waals surface area contributed by atoms with E-state index in [9.17, 15) is 13.2 Å². The molecule has 6 nitrogen and oxygen atoms in total. The molecule has 0 unspecified atom stereocenters. The van der Waals surface area contributed by atoms with Crippen molar-refractivity contribution in [3.8, 4) is 5.69 Å². The van der Waals surface area contributed by atoms with E-state index in [1.165, 1.54) is 18.2 Å². The van der Waals surface area contributed by atoms with Gasteiger partial charge in [0, 0.05) is 16.3 Å². The second-order valence-electron chi connectivity index (χ2n) is 3.98. The average Bonchev–Trinajstić information content (AvgIpc) is 2.71. The zero-order valence-corrected chi connectivity index (χ0v) is 12.4. The Labute approximate surface area is 124 Å². The SMILES string of the molecule is CS(=O)(=O)c1c(C(=O)O)cnn1-c1cc(Cl)cc(Cl)c1. The van der Waals surface area contributed by atoms with E-state index in [1.54, 1.807) is 0 Å². The van der Waals surface area contributed by atoms with Gasteiger partial charge in [-0.05, 0) is 18.2 Å². The van der Waals surface area contributed by atoms with Gasteiger partial charge in [-0.25, -0.2) is 17.9 Å². The molecule has 0 fully saturated rings. The van der Waals surface area contributed by atoms with Crippen LogP contribution in [0.15, 0.2) is 29.4 Å². The van der Waals surface area contributed by atoms with Gasteiger partial charge in [0.1, 0.15) is 5.56 Å². The highest BCUT2D eigenvalue weighted by atomic mass is 35.5. The summed E-state index contributed by atoms with van der Waals surface area (Å²) in [7, 11) is -3.81.